The SMILES string of the molecule is COc1ccccc1-c1noc(C)c1C(=O)N1CCN(c2cc(NC(=O)c3ccc(N(C)C)cc3)c(N([O-])O)cc2C#N)CC1. The number of nitriles is 1. The lowest BCUT2D eigenvalue weighted by molar-refractivity contribution is 0.0745. The van der Waals surface area contributed by atoms with E-state index in [9.17, 15) is 25.3 Å². The molecule has 13 heteroatoms. The van der Waals surface area contributed by atoms with Gasteiger partial charge in [0.2, 0.25) is 0 Å². The van der Waals surface area contributed by atoms with Gasteiger partial charge in [-0.1, -0.05) is 17.3 Å². The average Bonchev–Trinajstić information content (AvgIpc) is 3.44. The van der Waals surface area contributed by atoms with Crippen molar-refractivity contribution >= 4 is 34.6 Å². The number of aryl methyl sites for hydroxylation is 1. The van der Waals surface area contributed by atoms with Gasteiger partial charge in [0.15, 0.2) is 0 Å². The fraction of sp³-hybridized carbons (Fsp3) is 0.250. The summed E-state index contributed by atoms with van der Waals surface area (Å²) in [6.45, 7) is 3.02. The van der Waals surface area contributed by atoms with Gasteiger partial charge in [-0.3, -0.25) is 14.8 Å². The number of amides is 2. The van der Waals surface area contributed by atoms with E-state index in [2.05, 4.69) is 16.5 Å². The van der Waals surface area contributed by atoms with Crippen LogP contribution in [0.3, 0.4) is 0 Å². The molecular weight excluding hydrogens is 578 g/mol. The predicted molar refractivity (Wildman–Crippen MR) is 169 cm³/mol. The number of nitrogens with zero attached hydrogens (tertiary/aromatic N) is 6. The molecule has 5 rings (SSSR count). The van der Waals surface area contributed by atoms with Gasteiger partial charge < -0.3 is 39.7 Å². The number of nitrogens with one attached hydrogen (secondary N) is 1. The van der Waals surface area contributed by atoms with Crippen molar-refractivity contribution in [3.63, 3.8) is 0 Å². The fourth-order valence-electron chi connectivity index (χ4n) is 5.25. The number of anilines is 4. The molecule has 1 aromatic heterocycles. The Bertz CT molecular complexity index is 1750. The highest BCUT2D eigenvalue weighted by molar-refractivity contribution is 6.06. The molecular formula is C32H32N7O6-. The molecule has 0 atom stereocenters. The molecule has 2 amide bonds. The van der Waals surface area contributed by atoms with Crippen LogP contribution in [-0.2, 0) is 0 Å². The third-order valence-corrected chi connectivity index (χ3v) is 7.68. The molecule has 0 unspecified atom stereocenters. The van der Waals surface area contributed by atoms with Crippen molar-refractivity contribution in [2.45, 2.75) is 6.92 Å². The fourth-order valence-corrected chi connectivity index (χ4v) is 5.25. The van der Waals surface area contributed by atoms with E-state index < -0.39 is 5.91 Å². The van der Waals surface area contributed by atoms with E-state index in [1.165, 1.54) is 12.1 Å². The van der Waals surface area contributed by atoms with Crippen LogP contribution in [0.1, 0.15) is 32.0 Å². The zero-order valence-electron chi connectivity index (χ0n) is 25.3. The van der Waals surface area contributed by atoms with Crippen molar-refractivity contribution in [1.82, 2.24) is 10.1 Å². The number of para-hydroxylation sites is 1. The Morgan fingerprint density at radius 1 is 1.09 bits per heavy atom. The molecule has 0 spiro atoms. The summed E-state index contributed by atoms with van der Waals surface area (Å²) in [5, 5.41) is 38.1. The molecule has 1 aliphatic rings. The van der Waals surface area contributed by atoms with Crippen LogP contribution in [0.25, 0.3) is 11.3 Å². The largest absolute Gasteiger partial charge is 0.733 e. The number of piperazine rings is 1. The molecule has 0 saturated carbocycles. The number of carbonyl (C=O) groups excluding carboxylic acids is 2. The molecule has 0 bridgehead atoms. The van der Waals surface area contributed by atoms with Crippen molar-refractivity contribution < 1.29 is 24.1 Å². The molecule has 232 valence electrons. The standard InChI is InChI=1S/C32H32N7O6/c1-20-29(30(35-45-20)24-7-5-6-8-28(24)44-4)32(41)38-15-13-37(14-16-38)26-18-25(27(39(42)43)17-22(26)19-33)34-31(40)21-9-11-23(12-10-21)36(2)3/h5-12,17-18,42H,13-16H2,1-4H3,(H,34,40)/q-1. The smallest absolute Gasteiger partial charge is 0.259 e. The van der Waals surface area contributed by atoms with Gasteiger partial charge in [-0.15, -0.1) is 0 Å². The minimum absolute atomic E-state index is 0.0308. The van der Waals surface area contributed by atoms with E-state index in [0.717, 1.165) is 5.69 Å². The predicted octanol–water partition coefficient (Wildman–Crippen LogP) is 4.50. The molecule has 0 radical (unpaired) electrons. The van der Waals surface area contributed by atoms with Crippen LogP contribution in [-0.4, -0.2) is 74.5 Å². The summed E-state index contributed by atoms with van der Waals surface area (Å²) in [4.78, 5) is 32.3. The molecule has 0 aliphatic carbocycles. The highest BCUT2D eigenvalue weighted by atomic mass is 16.8. The van der Waals surface area contributed by atoms with Crippen molar-refractivity contribution in [1.29, 1.82) is 5.26 Å². The number of ether oxygens (including phenoxy) is 1. The first kappa shape index (κ1) is 30.9. The van der Waals surface area contributed by atoms with Crippen molar-refractivity contribution in [2.24, 2.45) is 0 Å². The number of hydrogen-bond donors (Lipinski definition) is 2. The van der Waals surface area contributed by atoms with Crippen LogP contribution in [0, 0.1) is 23.5 Å². The summed E-state index contributed by atoms with van der Waals surface area (Å²) in [7, 11) is 5.31. The first-order valence-electron chi connectivity index (χ1n) is 14.1. The van der Waals surface area contributed by atoms with Crippen LogP contribution in [0.5, 0.6) is 5.75 Å². The van der Waals surface area contributed by atoms with E-state index in [1.807, 2.05) is 42.1 Å². The number of methoxy groups -OCH3 is 1. The summed E-state index contributed by atoms with van der Waals surface area (Å²) in [5.74, 6) is 0.198. The van der Waals surface area contributed by atoms with Crippen LogP contribution in [0.4, 0.5) is 22.7 Å². The first-order chi connectivity index (χ1) is 21.6. The minimum Gasteiger partial charge on any atom is -0.733 e. The molecule has 2 heterocycles. The van der Waals surface area contributed by atoms with E-state index in [4.69, 9.17) is 9.26 Å². The van der Waals surface area contributed by atoms with Crippen molar-refractivity contribution in [2.75, 3.05) is 67.7 Å². The van der Waals surface area contributed by atoms with Gasteiger partial charge in [0.05, 0.1) is 29.7 Å². The Morgan fingerprint density at radius 2 is 1.78 bits per heavy atom. The summed E-state index contributed by atoms with van der Waals surface area (Å²) < 4.78 is 10.9. The Hall–Kier alpha value is -5.58. The number of benzene rings is 3. The number of aromatic nitrogens is 1. The van der Waals surface area contributed by atoms with Gasteiger partial charge in [0.1, 0.15) is 28.8 Å². The molecule has 13 nitrogen and oxygen atoms in total. The molecule has 1 saturated heterocycles. The second-order valence-corrected chi connectivity index (χ2v) is 10.6. The second-order valence-electron chi connectivity index (χ2n) is 10.6. The zero-order chi connectivity index (χ0) is 32.2. The highest BCUT2D eigenvalue weighted by Gasteiger charge is 2.30. The van der Waals surface area contributed by atoms with E-state index in [0.29, 0.717) is 65.8 Å². The van der Waals surface area contributed by atoms with Gasteiger partial charge in [-0.05, 0) is 55.5 Å². The Kier molecular flexibility index (Phi) is 8.89. The summed E-state index contributed by atoms with van der Waals surface area (Å²) in [6.07, 6.45) is 0. The minimum atomic E-state index is -0.496. The number of rotatable bonds is 8. The third-order valence-electron chi connectivity index (χ3n) is 7.68. The topological polar surface area (TPSA) is 161 Å². The average molecular weight is 611 g/mol. The van der Waals surface area contributed by atoms with Crippen LogP contribution >= 0.6 is 0 Å². The lowest BCUT2D eigenvalue weighted by Gasteiger charge is -2.37. The zero-order valence-corrected chi connectivity index (χ0v) is 25.3. The van der Waals surface area contributed by atoms with Gasteiger partial charge >= 0.3 is 0 Å². The lowest BCUT2D eigenvalue weighted by Crippen LogP contribution is -2.49. The van der Waals surface area contributed by atoms with Gasteiger partial charge in [-0.2, -0.15) is 5.26 Å². The van der Waals surface area contributed by atoms with E-state index in [1.54, 1.807) is 49.3 Å². The second kappa shape index (κ2) is 13.0. The number of hydrogen-bond acceptors (Lipinski definition) is 11. The normalized spacial score (nSPS) is 12.8. The molecule has 3 aromatic carbocycles. The van der Waals surface area contributed by atoms with Crippen LogP contribution in [0.2, 0.25) is 0 Å². The van der Waals surface area contributed by atoms with E-state index >= 15 is 0 Å². The Morgan fingerprint density at radius 3 is 2.40 bits per heavy atom. The highest BCUT2D eigenvalue weighted by Crippen LogP contribution is 2.36. The van der Waals surface area contributed by atoms with Crippen LogP contribution < -0.4 is 25.1 Å². The van der Waals surface area contributed by atoms with Gasteiger partial charge in [-0.25, -0.2) is 0 Å². The first-order valence-corrected chi connectivity index (χ1v) is 14.1. The van der Waals surface area contributed by atoms with Gasteiger partial charge in [0.25, 0.3) is 11.8 Å². The monoisotopic (exact) mass is 610 g/mol. The molecule has 2 N–H and O–H groups in total. The Labute approximate surface area is 259 Å². The van der Waals surface area contributed by atoms with Gasteiger partial charge in [0, 0.05) is 57.1 Å². The van der Waals surface area contributed by atoms with E-state index in [-0.39, 0.29) is 28.1 Å². The van der Waals surface area contributed by atoms with Crippen molar-refractivity contribution in [3.05, 3.63) is 88.3 Å². The summed E-state index contributed by atoms with van der Waals surface area (Å²) in [5.41, 5.74) is 2.94. The van der Waals surface area contributed by atoms with Crippen molar-refractivity contribution in [3.8, 4) is 23.1 Å². The maximum absolute atomic E-state index is 13.7. The quantitative estimate of drug-likeness (QED) is 0.270. The maximum Gasteiger partial charge on any atom is 0.259 e. The lowest BCUT2D eigenvalue weighted by atomic mass is 10.0. The Balaban J connectivity index is 1.37. The maximum atomic E-state index is 13.7. The summed E-state index contributed by atoms with van der Waals surface area (Å²) >= 11 is 0. The van der Waals surface area contributed by atoms with Crippen LogP contribution in [0.15, 0.2) is 65.2 Å². The molecule has 1 aliphatic heterocycles. The molecule has 1 fully saturated rings. The third kappa shape index (κ3) is 6.23. The molecule has 4 aromatic rings. The summed E-state index contributed by atoms with van der Waals surface area (Å²) in [6, 6.07) is 18.9. The number of carbonyl (C=O) groups is 2. The molecule has 45 heavy (non-hydrogen) atoms.